The first-order valence-electron chi connectivity index (χ1n) is 7.05. The Morgan fingerprint density at radius 1 is 1.08 bits per heavy atom. The van der Waals surface area contributed by atoms with Gasteiger partial charge in [0.25, 0.3) is 5.91 Å². The zero-order chi connectivity index (χ0) is 18.6. The van der Waals surface area contributed by atoms with Crippen molar-refractivity contribution in [2.45, 2.75) is 0 Å². The summed E-state index contributed by atoms with van der Waals surface area (Å²) in [6.45, 7) is 0. The van der Waals surface area contributed by atoms with E-state index >= 15 is 0 Å². The maximum atomic E-state index is 12.4. The Hall–Kier alpha value is -2.87. The van der Waals surface area contributed by atoms with E-state index in [-0.39, 0.29) is 16.8 Å². The summed E-state index contributed by atoms with van der Waals surface area (Å²) in [4.78, 5) is 37.7. The molecule has 0 bridgehead atoms. The van der Waals surface area contributed by atoms with E-state index in [1.165, 1.54) is 37.5 Å². The van der Waals surface area contributed by atoms with Crippen LogP contribution in [0.2, 0.25) is 0 Å². The molecule has 0 aliphatic carbocycles. The van der Waals surface area contributed by atoms with Crippen LogP contribution in [-0.4, -0.2) is 32.1 Å². The van der Waals surface area contributed by atoms with Crippen LogP contribution in [-0.2, 0) is 19.1 Å². The average molecular weight is 407 g/mol. The highest BCUT2D eigenvalue weighted by molar-refractivity contribution is 9.10. The third-order valence-electron chi connectivity index (χ3n) is 3.38. The lowest BCUT2D eigenvalue weighted by Crippen LogP contribution is -2.29. The van der Waals surface area contributed by atoms with Gasteiger partial charge in [-0.3, -0.25) is 4.79 Å². The standard InChI is InChI=1S/C17H15BrN2O5/c1-24-16(22)11-6-3-4-9-20(14(11)17(23)25-2)13-10(15(19)21)7-5-8-12(13)18/h3-9H,1-2H3,(H2,19,21). The minimum absolute atomic E-state index is 0.0227. The van der Waals surface area contributed by atoms with Crippen molar-refractivity contribution in [1.82, 2.24) is 0 Å². The van der Waals surface area contributed by atoms with Crippen molar-refractivity contribution in [3.8, 4) is 0 Å². The maximum Gasteiger partial charge on any atom is 0.355 e. The molecule has 0 unspecified atom stereocenters. The molecule has 130 valence electrons. The number of anilines is 1. The van der Waals surface area contributed by atoms with Gasteiger partial charge in [0.05, 0.1) is 31.0 Å². The molecule has 0 aromatic heterocycles. The number of ether oxygens (including phenoxy) is 2. The molecule has 0 radical (unpaired) electrons. The van der Waals surface area contributed by atoms with Crippen molar-refractivity contribution >= 4 is 39.5 Å². The predicted octanol–water partition coefficient (Wildman–Crippen LogP) is 2.04. The van der Waals surface area contributed by atoms with Crippen molar-refractivity contribution in [2.24, 2.45) is 5.73 Å². The number of benzene rings is 1. The summed E-state index contributed by atoms with van der Waals surface area (Å²) in [7, 11) is 2.39. The number of nitrogens with two attached hydrogens (primary N) is 1. The lowest BCUT2D eigenvalue weighted by molar-refractivity contribution is -0.139. The van der Waals surface area contributed by atoms with E-state index in [1.807, 2.05) is 0 Å². The van der Waals surface area contributed by atoms with Crippen molar-refractivity contribution < 1.29 is 23.9 Å². The predicted molar refractivity (Wildman–Crippen MR) is 94.5 cm³/mol. The van der Waals surface area contributed by atoms with Crippen LogP contribution in [0.15, 0.2) is 58.4 Å². The molecule has 8 heteroatoms. The average Bonchev–Trinajstić information content (AvgIpc) is 2.82. The Morgan fingerprint density at radius 2 is 1.76 bits per heavy atom. The highest BCUT2D eigenvalue weighted by Crippen LogP contribution is 2.35. The molecule has 1 amide bonds. The molecule has 0 saturated carbocycles. The van der Waals surface area contributed by atoms with Crippen LogP contribution in [0.5, 0.6) is 0 Å². The number of rotatable bonds is 4. The molecule has 0 spiro atoms. The third kappa shape index (κ3) is 3.63. The van der Waals surface area contributed by atoms with Gasteiger partial charge in [-0.2, -0.15) is 0 Å². The molecule has 25 heavy (non-hydrogen) atoms. The number of halogens is 1. The number of amides is 1. The number of primary amides is 1. The van der Waals surface area contributed by atoms with Crippen LogP contribution in [0, 0.1) is 0 Å². The van der Waals surface area contributed by atoms with E-state index in [2.05, 4.69) is 15.9 Å². The fourth-order valence-corrected chi connectivity index (χ4v) is 2.85. The molecule has 2 rings (SSSR count). The molecule has 1 aromatic carbocycles. The molecular weight excluding hydrogens is 392 g/mol. The summed E-state index contributed by atoms with van der Waals surface area (Å²) in [5.74, 6) is -2.19. The quantitative estimate of drug-likeness (QED) is 0.768. The largest absolute Gasteiger partial charge is 0.465 e. The van der Waals surface area contributed by atoms with Gasteiger partial charge in [0.1, 0.15) is 5.70 Å². The SMILES string of the molecule is COC(=O)C1=C(C(=O)OC)N(c2c(Br)cccc2C(N)=O)C=CC=C1. The second kappa shape index (κ2) is 7.80. The van der Waals surface area contributed by atoms with Crippen molar-refractivity contribution in [3.63, 3.8) is 0 Å². The van der Waals surface area contributed by atoms with E-state index in [0.717, 1.165) is 0 Å². The molecule has 0 fully saturated rings. The van der Waals surface area contributed by atoms with Crippen LogP contribution >= 0.6 is 15.9 Å². The van der Waals surface area contributed by atoms with Gasteiger partial charge in [0.2, 0.25) is 0 Å². The summed E-state index contributed by atoms with van der Waals surface area (Å²) in [5.41, 5.74) is 5.79. The molecule has 1 aliphatic rings. The van der Waals surface area contributed by atoms with E-state index in [1.54, 1.807) is 24.3 Å². The highest BCUT2D eigenvalue weighted by atomic mass is 79.9. The number of hydrogen-bond acceptors (Lipinski definition) is 6. The van der Waals surface area contributed by atoms with Crippen molar-refractivity contribution in [2.75, 3.05) is 19.1 Å². The fraction of sp³-hybridized carbons (Fsp3) is 0.118. The zero-order valence-electron chi connectivity index (χ0n) is 13.5. The molecule has 1 aromatic rings. The van der Waals surface area contributed by atoms with Crippen LogP contribution < -0.4 is 10.6 Å². The van der Waals surface area contributed by atoms with Gasteiger partial charge < -0.3 is 20.1 Å². The second-order valence-corrected chi connectivity index (χ2v) is 5.67. The van der Waals surface area contributed by atoms with E-state index in [9.17, 15) is 14.4 Å². The molecule has 2 N–H and O–H groups in total. The van der Waals surface area contributed by atoms with Crippen molar-refractivity contribution in [1.29, 1.82) is 0 Å². The van der Waals surface area contributed by atoms with Crippen LogP contribution in [0.3, 0.4) is 0 Å². The van der Waals surface area contributed by atoms with Gasteiger partial charge in [-0.15, -0.1) is 0 Å². The van der Waals surface area contributed by atoms with Gasteiger partial charge in [-0.25, -0.2) is 9.59 Å². The van der Waals surface area contributed by atoms with Crippen LogP contribution in [0.25, 0.3) is 0 Å². The number of allylic oxidation sites excluding steroid dienone is 2. The maximum absolute atomic E-state index is 12.4. The Morgan fingerprint density at radius 3 is 2.36 bits per heavy atom. The summed E-state index contributed by atoms with van der Waals surface area (Å²) < 4.78 is 10.1. The van der Waals surface area contributed by atoms with E-state index in [0.29, 0.717) is 10.2 Å². The smallest absolute Gasteiger partial charge is 0.355 e. The normalized spacial score (nSPS) is 13.5. The molecule has 1 aliphatic heterocycles. The minimum atomic E-state index is -0.775. The highest BCUT2D eigenvalue weighted by Gasteiger charge is 2.30. The number of esters is 2. The third-order valence-corrected chi connectivity index (χ3v) is 4.02. The van der Waals surface area contributed by atoms with E-state index in [4.69, 9.17) is 15.2 Å². The first kappa shape index (κ1) is 18.5. The lowest BCUT2D eigenvalue weighted by atomic mass is 10.1. The summed E-state index contributed by atoms with van der Waals surface area (Å²) in [5, 5.41) is 0. The number of nitrogens with zero attached hydrogens (tertiary/aromatic N) is 1. The number of carbonyl (C=O) groups excluding carboxylic acids is 3. The summed E-state index contributed by atoms with van der Waals surface area (Å²) in [6, 6.07) is 4.83. The number of para-hydroxylation sites is 1. The Balaban J connectivity index is 2.81. The van der Waals surface area contributed by atoms with E-state index < -0.39 is 17.8 Å². The van der Waals surface area contributed by atoms with Gasteiger partial charge in [-0.05, 0) is 40.2 Å². The van der Waals surface area contributed by atoms with Gasteiger partial charge in [0.15, 0.2) is 0 Å². The molecule has 7 nitrogen and oxygen atoms in total. The van der Waals surface area contributed by atoms with Gasteiger partial charge in [0, 0.05) is 10.7 Å². The molecular formula is C17H15BrN2O5. The molecule has 1 heterocycles. The minimum Gasteiger partial charge on any atom is -0.465 e. The fourth-order valence-electron chi connectivity index (χ4n) is 2.30. The van der Waals surface area contributed by atoms with Gasteiger partial charge >= 0.3 is 11.9 Å². The van der Waals surface area contributed by atoms with Crippen molar-refractivity contribution in [3.05, 3.63) is 63.9 Å². The molecule has 0 saturated heterocycles. The Labute approximate surface area is 152 Å². The van der Waals surface area contributed by atoms with Crippen LogP contribution in [0.4, 0.5) is 5.69 Å². The van der Waals surface area contributed by atoms with Gasteiger partial charge in [-0.1, -0.05) is 12.1 Å². The molecule has 0 atom stereocenters. The number of methoxy groups -OCH3 is 2. The topological polar surface area (TPSA) is 98.9 Å². The Bertz CT molecular complexity index is 826. The monoisotopic (exact) mass is 406 g/mol. The zero-order valence-corrected chi connectivity index (χ0v) is 15.1. The first-order chi connectivity index (χ1) is 11.9. The summed E-state index contributed by atoms with van der Waals surface area (Å²) >= 11 is 3.35. The summed E-state index contributed by atoms with van der Waals surface area (Å²) in [6.07, 6.45) is 6.11. The van der Waals surface area contributed by atoms with Crippen LogP contribution in [0.1, 0.15) is 10.4 Å². The lowest BCUT2D eigenvalue weighted by Gasteiger charge is -2.25. The Kier molecular flexibility index (Phi) is 5.76. The number of hydrogen-bond donors (Lipinski definition) is 1. The number of carbonyl (C=O) groups is 3. The second-order valence-electron chi connectivity index (χ2n) is 4.82. The first-order valence-corrected chi connectivity index (χ1v) is 7.85.